The van der Waals surface area contributed by atoms with E-state index in [1.165, 1.54) is 28.4 Å². The number of carbonyl (C=O) groups is 4. The van der Waals surface area contributed by atoms with Crippen molar-refractivity contribution in [2.45, 2.75) is 57.0 Å². The molecule has 1 aromatic heterocycles. The van der Waals surface area contributed by atoms with E-state index in [0.717, 1.165) is 16.3 Å². The van der Waals surface area contributed by atoms with Crippen molar-refractivity contribution >= 4 is 57.9 Å². The number of benzene rings is 2. The molecule has 4 N–H and O–H groups in total. The zero-order chi connectivity index (χ0) is 33.3. The highest BCUT2D eigenvalue weighted by Gasteiger charge is 2.41. The second kappa shape index (κ2) is 16.1. The Morgan fingerprint density at radius 2 is 1.85 bits per heavy atom. The van der Waals surface area contributed by atoms with Crippen molar-refractivity contribution in [3.63, 3.8) is 0 Å². The van der Waals surface area contributed by atoms with E-state index in [0.29, 0.717) is 11.5 Å². The number of nitrogens with one attached hydrogen (secondary N) is 3. The number of amides is 4. The SMILES string of the molecule is CSC[C@H](NC(=O)COc1cccc2cnccc12)C(=O)N[C@@H](Cc1ccccc1)[C@@H](O)C(=O)N1CSC[C@H]1C(=O)NC(C)(C)C. The van der Waals surface area contributed by atoms with Gasteiger partial charge in [-0.25, -0.2) is 0 Å². The Morgan fingerprint density at radius 1 is 1.09 bits per heavy atom. The van der Waals surface area contributed by atoms with Crippen molar-refractivity contribution in [3.8, 4) is 5.75 Å². The number of hydrogen-bond acceptors (Lipinski definition) is 9. The fourth-order valence-electron chi connectivity index (χ4n) is 5.01. The third-order valence-electron chi connectivity index (χ3n) is 7.21. The van der Waals surface area contributed by atoms with Crippen LogP contribution in [-0.2, 0) is 25.6 Å². The minimum atomic E-state index is -1.64. The maximum absolute atomic E-state index is 13.7. The van der Waals surface area contributed by atoms with E-state index in [-0.39, 0.29) is 30.6 Å². The summed E-state index contributed by atoms with van der Waals surface area (Å²) < 4.78 is 5.78. The number of pyridine rings is 1. The van der Waals surface area contributed by atoms with Gasteiger partial charge in [-0.3, -0.25) is 24.2 Å². The Hall–Kier alpha value is -3.81. The van der Waals surface area contributed by atoms with Crippen molar-refractivity contribution in [1.29, 1.82) is 0 Å². The lowest BCUT2D eigenvalue weighted by molar-refractivity contribution is -0.147. The maximum atomic E-state index is 13.7. The van der Waals surface area contributed by atoms with Crippen LogP contribution in [-0.4, -0.2) is 98.6 Å². The molecular weight excluding hydrogens is 627 g/mol. The molecule has 11 nitrogen and oxygen atoms in total. The van der Waals surface area contributed by atoms with Crippen LogP contribution < -0.4 is 20.7 Å². The van der Waals surface area contributed by atoms with Crippen LogP contribution in [0, 0.1) is 0 Å². The van der Waals surface area contributed by atoms with E-state index in [9.17, 15) is 24.3 Å². The molecule has 1 aliphatic rings. The van der Waals surface area contributed by atoms with E-state index in [1.807, 2.05) is 57.2 Å². The zero-order valence-corrected chi connectivity index (χ0v) is 28.0. The third-order valence-corrected chi connectivity index (χ3v) is 8.89. The molecule has 4 atom stereocenters. The van der Waals surface area contributed by atoms with E-state index >= 15 is 0 Å². The van der Waals surface area contributed by atoms with Gasteiger partial charge in [0.2, 0.25) is 11.8 Å². The highest BCUT2D eigenvalue weighted by Crippen LogP contribution is 2.25. The van der Waals surface area contributed by atoms with Gasteiger partial charge in [-0.1, -0.05) is 42.5 Å². The Morgan fingerprint density at radius 3 is 2.57 bits per heavy atom. The molecule has 13 heteroatoms. The number of aromatic nitrogens is 1. The van der Waals surface area contributed by atoms with Gasteiger partial charge in [-0.05, 0) is 51.1 Å². The van der Waals surface area contributed by atoms with Gasteiger partial charge in [-0.15, -0.1) is 11.8 Å². The topological polar surface area (TPSA) is 150 Å². The number of aliphatic hydroxyl groups is 1. The molecule has 0 bridgehead atoms. The molecule has 246 valence electrons. The first-order chi connectivity index (χ1) is 22.0. The van der Waals surface area contributed by atoms with Crippen LogP contribution in [0.25, 0.3) is 10.8 Å². The molecule has 4 rings (SSSR count). The first kappa shape index (κ1) is 35.1. The summed E-state index contributed by atoms with van der Waals surface area (Å²) in [5.41, 5.74) is 0.303. The number of fused-ring (bicyclic) bond motifs is 1. The standard InChI is InChI=1S/C33H41N5O6S2/c1-33(2,3)37-31(42)26-19-46-20-38(26)32(43)29(40)24(15-21-9-6-5-7-10-21)36-30(41)25(18-45-4)35-28(39)17-44-27-12-8-11-22-16-34-14-13-23(22)27/h5-14,16,24-26,29,40H,15,17-20H2,1-4H3,(H,35,39)(H,36,41)(H,37,42)/t24-,25-,26-,29+/m0/s1. The van der Waals surface area contributed by atoms with E-state index in [4.69, 9.17) is 4.74 Å². The molecule has 0 saturated carbocycles. The second-order valence-electron chi connectivity index (χ2n) is 12.0. The second-order valence-corrected chi connectivity index (χ2v) is 13.9. The molecule has 0 unspecified atom stereocenters. The van der Waals surface area contributed by atoms with Crippen LogP contribution in [0.15, 0.2) is 67.0 Å². The third kappa shape index (κ3) is 9.60. The molecule has 0 radical (unpaired) electrons. The molecule has 1 fully saturated rings. The van der Waals surface area contributed by atoms with Gasteiger partial charge in [0.25, 0.3) is 11.8 Å². The monoisotopic (exact) mass is 667 g/mol. The average molecular weight is 668 g/mol. The number of aliphatic hydroxyl groups excluding tert-OH is 1. The molecular formula is C33H41N5O6S2. The largest absolute Gasteiger partial charge is 0.483 e. The number of ether oxygens (including phenoxy) is 1. The predicted octanol–water partition coefficient (Wildman–Crippen LogP) is 2.37. The predicted molar refractivity (Wildman–Crippen MR) is 181 cm³/mol. The summed E-state index contributed by atoms with van der Waals surface area (Å²) in [6.45, 7) is 5.25. The van der Waals surface area contributed by atoms with Crippen LogP contribution in [0.3, 0.4) is 0 Å². The number of thioether (sulfide) groups is 2. The van der Waals surface area contributed by atoms with Crippen molar-refractivity contribution in [2.75, 3.05) is 30.2 Å². The lowest BCUT2D eigenvalue weighted by Crippen LogP contribution is -2.59. The summed E-state index contributed by atoms with van der Waals surface area (Å²) in [7, 11) is 0. The van der Waals surface area contributed by atoms with Gasteiger partial charge in [0, 0.05) is 40.2 Å². The summed E-state index contributed by atoms with van der Waals surface area (Å²) in [6.07, 6.45) is 3.67. The molecule has 1 saturated heterocycles. The van der Waals surface area contributed by atoms with Crippen LogP contribution in [0.2, 0.25) is 0 Å². The van der Waals surface area contributed by atoms with Crippen molar-refractivity contribution in [2.24, 2.45) is 0 Å². The molecule has 2 heterocycles. The lowest BCUT2D eigenvalue weighted by Gasteiger charge is -2.32. The average Bonchev–Trinajstić information content (AvgIpc) is 3.53. The quantitative estimate of drug-likeness (QED) is 0.216. The lowest BCUT2D eigenvalue weighted by atomic mass is 9.99. The van der Waals surface area contributed by atoms with Crippen LogP contribution >= 0.6 is 23.5 Å². The van der Waals surface area contributed by atoms with E-state index in [2.05, 4.69) is 20.9 Å². The maximum Gasteiger partial charge on any atom is 0.258 e. The minimum absolute atomic E-state index is 0.151. The van der Waals surface area contributed by atoms with E-state index in [1.54, 1.807) is 36.8 Å². The van der Waals surface area contributed by atoms with Crippen LogP contribution in [0.4, 0.5) is 0 Å². The van der Waals surface area contributed by atoms with Crippen molar-refractivity contribution in [3.05, 3.63) is 72.6 Å². The molecule has 3 aromatic rings. The fourth-order valence-corrected chi connectivity index (χ4v) is 6.74. The highest BCUT2D eigenvalue weighted by atomic mass is 32.2. The first-order valence-corrected chi connectivity index (χ1v) is 17.5. The zero-order valence-electron chi connectivity index (χ0n) is 26.4. The summed E-state index contributed by atoms with van der Waals surface area (Å²) >= 11 is 2.78. The summed E-state index contributed by atoms with van der Waals surface area (Å²) in [5, 5.41) is 21.5. The Bertz CT molecular complexity index is 1510. The molecule has 4 amide bonds. The van der Waals surface area contributed by atoms with Gasteiger partial charge >= 0.3 is 0 Å². The summed E-state index contributed by atoms with van der Waals surface area (Å²) in [5.74, 6) is -0.602. The van der Waals surface area contributed by atoms with Crippen molar-refractivity contribution < 1.29 is 29.0 Å². The van der Waals surface area contributed by atoms with Crippen LogP contribution in [0.5, 0.6) is 5.75 Å². The Balaban J connectivity index is 1.46. The molecule has 1 aliphatic heterocycles. The minimum Gasteiger partial charge on any atom is -0.483 e. The van der Waals surface area contributed by atoms with Gasteiger partial charge in [0.1, 0.15) is 17.8 Å². The van der Waals surface area contributed by atoms with Gasteiger partial charge in [0.15, 0.2) is 12.7 Å². The number of nitrogens with zero attached hydrogens (tertiary/aromatic N) is 2. The van der Waals surface area contributed by atoms with Crippen molar-refractivity contribution in [1.82, 2.24) is 25.8 Å². The molecule has 46 heavy (non-hydrogen) atoms. The molecule has 0 spiro atoms. The smallest absolute Gasteiger partial charge is 0.258 e. The molecule has 0 aliphatic carbocycles. The van der Waals surface area contributed by atoms with E-state index < -0.39 is 47.5 Å². The Kier molecular flexibility index (Phi) is 12.3. The van der Waals surface area contributed by atoms with Gasteiger partial charge in [-0.2, -0.15) is 11.8 Å². The summed E-state index contributed by atoms with van der Waals surface area (Å²) in [6, 6.07) is 13.7. The highest BCUT2D eigenvalue weighted by molar-refractivity contribution is 7.99. The first-order valence-electron chi connectivity index (χ1n) is 14.9. The normalized spacial score (nSPS) is 16.7. The molecule has 2 aromatic carbocycles. The van der Waals surface area contributed by atoms with Gasteiger partial charge in [0.05, 0.1) is 11.9 Å². The van der Waals surface area contributed by atoms with Gasteiger partial charge < -0.3 is 30.7 Å². The number of carbonyl (C=O) groups excluding carboxylic acids is 4. The fraction of sp³-hybridized carbons (Fsp3) is 0.424. The number of rotatable bonds is 13. The number of hydrogen-bond donors (Lipinski definition) is 4. The Labute approximate surface area is 277 Å². The van der Waals surface area contributed by atoms with Crippen LogP contribution in [0.1, 0.15) is 26.3 Å². The summed E-state index contributed by atoms with van der Waals surface area (Å²) in [4.78, 5) is 58.7.